The Balaban J connectivity index is 1.41. The van der Waals surface area contributed by atoms with Gasteiger partial charge in [-0.2, -0.15) is 0 Å². The SMILES string of the molecule is COCC1(C(=O)NCCCOC2CCCc3ccccc32)CCNCC1. The molecule has 0 radical (unpaired) electrons. The Bertz CT molecular complexity index is 579. The number of hydrogen-bond acceptors (Lipinski definition) is 4. The molecule has 0 bridgehead atoms. The zero-order valence-electron chi connectivity index (χ0n) is 15.9. The minimum absolute atomic E-state index is 0.129. The molecule has 1 heterocycles. The van der Waals surface area contributed by atoms with E-state index in [1.165, 1.54) is 17.5 Å². The van der Waals surface area contributed by atoms with Gasteiger partial charge in [-0.1, -0.05) is 24.3 Å². The van der Waals surface area contributed by atoms with Gasteiger partial charge in [-0.15, -0.1) is 0 Å². The Labute approximate surface area is 156 Å². The lowest BCUT2D eigenvalue weighted by molar-refractivity contribution is -0.136. The van der Waals surface area contributed by atoms with Gasteiger partial charge in [0, 0.05) is 20.3 Å². The third-order valence-electron chi connectivity index (χ3n) is 5.70. The van der Waals surface area contributed by atoms with Gasteiger partial charge in [-0.05, 0) is 62.7 Å². The highest BCUT2D eigenvalue weighted by Gasteiger charge is 2.39. The van der Waals surface area contributed by atoms with E-state index < -0.39 is 0 Å². The van der Waals surface area contributed by atoms with Crippen LogP contribution in [0, 0.1) is 5.41 Å². The molecule has 3 rings (SSSR count). The second kappa shape index (κ2) is 9.49. The third kappa shape index (κ3) is 4.64. The molecule has 144 valence electrons. The molecule has 1 unspecified atom stereocenters. The van der Waals surface area contributed by atoms with Crippen molar-refractivity contribution in [3.8, 4) is 0 Å². The van der Waals surface area contributed by atoms with Crippen LogP contribution in [0.1, 0.15) is 49.3 Å². The molecule has 1 atom stereocenters. The summed E-state index contributed by atoms with van der Waals surface area (Å²) in [5.74, 6) is 0.129. The number of nitrogens with one attached hydrogen (secondary N) is 2. The lowest BCUT2D eigenvalue weighted by Gasteiger charge is -2.35. The maximum atomic E-state index is 12.7. The lowest BCUT2D eigenvalue weighted by Crippen LogP contribution is -2.50. The van der Waals surface area contributed by atoms with Crippen molar-refractivity contribution in [2.75, 3.05) is 40.0 Å². The zero-order valence-corrected chi connectivity index (χ0v) is 15.9. The Hall–Kier alpha value is -1.43. The van der Waals surface area contributed by atoms with Crippen molar-refractivity contribution in [3.05, 3.63) is 35.4 Å². The summed E-state index contributed by atoms with van der Waals surface area (Å²) in [5, 5.41) is 6.43. The Morgan fingerprint density at radius 1 is 1.31 bits per heavy atom. The number of aryl methyl sites for hydroxylation is 1. The second-order valence-electron chi connectivity index (χ2n) is 7.52. The number of methoxy groups -OCH3 is 1. The van der Waals surface area contributed by atoms with Gasteiger partial charge in [-0.25, -0.2) is 0 Å². The first kappa shape index (κ1) is 19.3. The predicted octanol–water partition coefficient (Wildman–Crippen LogP) is 2.60. The van der Waals surface area contributed by atoms with E-state index in [4.69, 9.17) is 9.47 Å². The molecule has 0 aromatic heterocycles. The molecule has 5 nitrogen and oxygen atoms in total. The van der Waals surface area contributed by atoms with Gasteiger partial charge in [-0.3, -0.25) is 4.79 Å². The van der Waals surface area contributed by atoms with Crippen LogP contribution in [0.25, 0.3) is 0 Å². The monoisotopic (exact) mass is 360 g/mol. The van der Waals surface area contributed by atoms with Gasteiger partial charge >= 0.3 is 0 Å². The molecule has 5 heteroatoms. The fourth-order valence-corrected chi connectivity index (χ4v) is 4.19. The fourth-order valence-electron chi connectivity index (χ4n) is 4.19. The molecule has 2 aliphatic rings. The number of amides is 1. The smallest absolute Gasteiger partial charge is 0.228 e. The van der Waals surface area contributed by atoms with Crippen molar-refractivity contribution in [1.29, 1.82) is 0 Å². The number of ether oxygens (including phenoxy) is 2. The van der Waals surface area contributed by atoms with Crippen molar-refractivity contribution in [1.82, 2.24) is 10.6 Å². The van der Waals surface area contributed by atoms with Crippen molar-refractivity contribution < 1.29 is 14.3 Å². The van der Waals surface area contributed by atoms with Crippen LogP contribution in [0.4, 0.5) is 0 Å². The fraction of sp³-hybridized carbons (Fsp3) is 0.667. The number of rotatable bonds is 8. The van der Waals surface area contributed by atoms with Crippen LogP contribution in [0.5, 0.6) is 0 Å². The lowest BCUT2D eigenvalue weighted by atomic mass is 9.78. The van der Waals surface area contributed by atoms with Gasteiger partial charge in [0.15, 0.2) is 0 Å². The molecule has 1 aliphatic carbocycles. The minimum Gasteiger partial charge on any atom is -0.384 e. The zero-order chi connectivity index (χ0) is 18.2. The van der Waals surface area contributed by atoms with Crippen LogP contribution >= 0.6 is 0 Å². The van der Waals surface area contributed by atoms with Gasteiger partial charge in [0.25, 0.3) is 0 Å². The predicted molar refractivity (Wildman–Crippen MR) is 102 cm³/mol. The summed E-state index contributed by atoms with van der Waals surface area (Å²) in [5.41, 5.74) is 2.39. The summed E-state index contributed by atoms with van der Waals surface area (Å²) in [7, 11) is 1.67. The van der Waals surface area contributed by atoms with Crippen molar-refractivity contribution in [2.45, 2.75) is 44.6 Å². The molecular weight excluding hydrogens is 328 g/mol. The van der Waals surface area contributed by atoms with E-state index >= 15 is 0 Å². The summed E-state index contributed by atoms with van der Waals surface area (Å²) < 4.78 is 11.5. The number of hydrogen-bond donors (Lipinski definition) is 2. The van der Waals surface area contributed by atoms with Gasteiger partial charge in [0.05, 0.1) is 18.1 Å². The first-order valence-corrected chi connectivity index (χ1v) is 9.92. The molecule has 2 N–H and O–H groups in total. The van der Waals surface area contributed by atoms with E-state index in [0.717, 1.165) is 45.2 Å². The molecule has 0 spiro atoms. The molecule has 1 amide bonds. The van der Waals surface area contributed by atoms with Crippen LogP contribution in [-0.2, 0) is 20.7 Å². The Kier molecular flexibility index (Phi) is 7.06. The molecular formula is C21H32N2O3. The van der Waals surface area contributed by atoms with E-state index in [0.29, 0.717) is 19.8 Å². The number of carbonyl (C=O) groups is 1. The molecule has 1 aromatic carbocycles. The first-order chi connectivity index (χ1) is 12.7. The van der Waals surface area contributed by atoms with E-state index in [2.05, 4.69) is 34.9 Å². The van der Waals surface area contributed by atoms with Crippen LogP contribution in [0.2, 0.25) is 0 Å². The summed E-state index contributed by atoms with van der Waals surface area (Å²) in [6.45, 7) is 3.59. The number of fused-ring (bicyclic) bond motifs is 1. The summed E-state index contributed by atoms with van der Waals surface area (Å²) >= 11 is 0. The van der Waals surface area contributed by atoms with Crippen molar-refractivity contribution >= 4 is 5.91 Å². The summed E-state index contributed by atoms with van der Waals surface area (Å²) in [4.78, 5) is 12.7. The second-order valence-corrected chi connectivity index (χ2v) is 7.52. The highest BCUT2D eigenvalue weighted by atomic mass is 16.5. The molecule has 26 heavy (non-hydrogen) atoms. The Morgan fingerprint density at radius 2 is 2.12 bits per heavy atom. The standard InChI is InChI=1S/C21H32N2O3/c1-25-16-21(10-13-22-14-11-21)20(24)23-12-5-15-26-19-9-4-7-17-6-2-3-8-18(17)19/h2-3,6,8,19,22H,4-5,7,9-16H2,1H3,(H,23,24). The van der Waals surface area contributed by atoms with Crippen molar-refractivity contribution in [2.24, 2.45) is 5.41 Å². The van der Waals surface area contributed by atoms with E-state index in [1.807, 2.05) is 0 Å². The minimum atomic E-state index is -0.372. The summed E-state index contributed by atoms with van der Waals surface area (Å²) in [6, 6.07) is 8.59. The number of piperidine rings is 1. The van der Waals surface area contributed by atoms with Crippen LogP contribution in [0.3, 0.4) is 0 Å². The molecule has 1 saturated heterocycles. The highest BCUT2D eigenvalue weighted by molar-refractivity contribution is 5.83. The van der Waals surface area contributed by atoms with E-state index in [1.54, 1.807) is 7.11 Å². The molecule has 1 fully saturated rings. The average molecular weight is 360 g/mol. The van der Waals surface area contributed by atoms with Crippen LogP contribution < -0.4 is 10.6 Å². The summed E-state index contributed by atoms with van der Waals surface area (Å²) in [6.07, 6.45) is 6.15. The van der Waals surface area contributed by atoms with Gasteiger partial charge in [0.2, 0.25) is 5.91 Å². The molecule has 1 aromatic rings. The van der Waals surface area contributed by atoms with Gasteiger partial charge in [0.1, 0.15) is 0 Å². The maximum absolute atomic E-state index is 12.7. The Morgan fingerprint density at radius 3 is 2.92 bits per heavy atom. The van der Waals surface area contributed by atoms with E-state index in [9.17, 15) is 4.79 Å². The van der Waals surface area contributed by atoms with Gasteiger partial charge < -0.3 is 20.1 Å². The average Bonchev–Trinajstić information content (AvgIpc) is 2.68. The van der Waals surface area contributed by atoms with Crippen LogP contribution in [-0.4, -0.2) is 45.9 Å². The van der Waals surface area contributed by atoms with E-state index in [-0.39, 0.29) is 17.4 Å². The highest BCUT2D eigenvalue weighted by Crippen LogP contribution is 2.32. The maximum Gasteiger partial charge on any atom is 0.228 e. The van der Waals surface area contributed by atoms with Crippen molar-refractivity contribution in [3.63, 3.8) is 0 Å². The normalized spacial score (nSPS) is 21.8. The first-order valence-electron chi connectivity index (χ1n) is 9.92. The topological polar surface area (TPSA) is 59.6 Å². The number of benzene rings is 1. The quantitative estimate of drug-likeness (QED) is 0.700. The van der Waals surface area contributed by atoms with Crippen LogP contribution in [0.15, 0.2) is 24.3 Å². The number of carbonyl (C=O) groups excluding carboxylic acids is 1. The largest absolute Gasteiger partial charge is 0.384 e. The molecule has 1 aliphatic heterocycles. The molecule has 0 saturated carbocycles. The third-order valence-corrected chi connectivity index (χ3v) is 5.70.